The molecule has 200 valence electrons. The highest BCUT2D eigenvalue weighted by Crippen LogP contribution is 2.27. The van der Waals surface area contributed by atoms with Crippen molar-refractivity contribution < 1.29 is 19.1 Å². The molecule has 9 nitrogen and oxygen atoms in total. The maximum absolute atomic E-state index is 13.3. The van der Waals surface area contributed by atoms with Crippen LogP contribution in [-0.4, -0.2) is 68.3 Å². The Balaban J connectivity index is 1.30. The number of para-hydroxylation sites is 1. The van der Waals surface area contributed by atoms with Crippen LogP contribution in [0.1, 0.15) is 27.0 Å². The van der Waals surface area contributed by atoms with E-state index >= 15 is 0 Å². The van der Waals surface area contributed by atoms with E-state index in [-0.39, 0.29) is 12.5 Å². The van der Waals surface area contributed by atoms with Crippen LogP contribution in [0.25, 0.3) is 0 Å². The SMILES string of the molecule is COCCN1CCN(c2c(C)cccc2C(=O)Nc2ccc(CNC(=O)OCc3cccnc3)cc2)CC1. The summed E-state index contributed by atoms with van der Waals surface area (Å²) in [5, 5.41) is 5.76. The van der Waals surface area contributed by atoms with Crippen LogP contribution < -0.4 is 15.5 Å². The summed E-state index contributed by atoms with van der Waals surface area (Å²) in [6, 6.07) is 16.9. The lowest BCUT2D eigenvalue weighted by Crippen LogP contribution is -2.48. The van der Waals surface area contributed by atoms with Gasteiger partial charge in [-0.2, -0.15) is 0 Å². The lowest BCUT2D eigenvalue weighted by Gasteiger charge is -2.37. The molecular weight excluding hydrogens is 482 g/mol. The van der Waals surface area contributed by atoms with E-state index in [1.54, 1.807) is 25.6 Å². The number of hydrogen-bond donors (Lipinski definition) is 2. The third kappa shape index (κ3) is 7.53. The van der Waals surface area contributed by atoms with Crippen molar-refractivity contribution in [3.8, 4) is 0 Å². The van der Waals surface area contributed by atoms with Gasteiger partial charge in [0.1, 0.15) is 6.61 Å². The van der Waals surface area contributed by atoms with Gasteiger partial charge in [-0.1, -0.05) is 30.3 Å². The molecule has 0 bridgehead atoms. The number of alkyl carbamates (subject to hydrolysis) is 1. The molecule has 4 rings (SSSR count). The summed E-state index contributed by atoms with van der Waals surface area (Å²) in [4.78, 5) is 34.0. The summed E-state index contributed by atoms with van der Waals surface area (Å²) in [5.41, 5.74) is 5.14. The first kappa shape index (κ1) is 27.1. The number of pyridine rings is 1. The summed E-state index contributed by atoms with van der Waals surface area (Å²) in [7, 11) is 1.72. The molecule has 0 spiro atoms. The van der Waals surface area contributed by atoms with Crippen molar-refractivity contribution in [3.05, 3.63) is 89.2 Å². The Hall–Kier alpha value is -3.95. The van der Waals surface area contributed by atoms with Gasteiger partial charge in [-0.05, 0) is 42.3 Å². The Morgan fingerprint density at radius 2 is 1.76 bits per heavy atom. The summed E-state index contributed by atoms with van der Waals surface area (Å²) >= 11 is 0. The predicted molar refractivity (Wildman–Crippen MR) is 147 cm³/mol. The van der Waals surface area contributed by atoms with Gasteiger partial charge in [0.2, 0.25) is 0 Å². The minimum atomic E-state index is -0.502. The Bertz CT molecular complexity index is 1200. The van der Waals surface area contributed by atoms with E-state index in [1.807, 2.05) is 55.5 Å². The third-order valence-corrected chi connectivity index (χ3v) is 6.52. The molecule has 0 atom stereocenters. The number of piperazine rings is 1. The summed E-state index contributed by atoms with van der Waals surface area (Å²) in [6.07, 6.45) is 2.82. The van der Waals surface area contributed by atoms with Gasteiger partial charge in [-0.3, -0.25) is 14.7 Å². The van der Waals surface area contributed by atoms with Crippen molar-refractivity contribution >= 4 is 23.4 Å². The van der Waals surface area contributed by atoms with Crippen LogP contribution in [0.15, 0.2) is 67.0 Å². The molecule has 2 heterocycles. The minimum absolute atomic E-state index is 0.143. The van der Waals surface area contributed by atoms with Crippen LogP contribution in [0, 0.1) is 6.92 Å². The number of aromatic nitrogens is 1. The number of methoxy groups -OCH3 is 1. The average molecular weight is 518 g/mol. The Morgan fingerprint density at radius 1 is 0.974 bits per heavy atom. The molecule has 9 heteroatoms. The van der Waals surface area contributed by atoms with Crippen LogP contribution in [0.2, 0.25) is 0 Å². The molecule has 0 saturated carbocycles. The third-order valence-electron chi connectivity index (χ3n) is 6.52. The quantitative estimate of drug-likeness (QED) is 0.422. The number of amides is 2. The highest BCUT2D eigenvalue weighted by atomic mass is 16.5. The highest BCUT2D eigenvalue weighted by Gasteiger charge is 2.23. The largest absolute Gasteiger partial charge is 0.445 e. The lowest BCUT2D eigenvalue weighted by molar-refractivity contribution is 0.102. The van der Waals surface area contributed by atoms with Crippen LogP contribution in [0.3, 0.4) is 0 Å². The minimum Gasteiger partial charge on any atom is -0.445 e. The van der Waals surface area contributed by atoms with E-state index in [1.165, 1.54) is 0 Å². The molecule has 2 amide bonds. The fourth-order valence-corrected chi connectivity index (χ4v) is 4.44. The normalized spacial score (nSPS) is 13.7. The highest BCUT2D eigenvalue weighted by molar-refractivity contribution is 6.08. The van der Waals surface area contributed by atoms with Crippen LogP contribution in [0.4, 0.5) is 16.2 Å². The molecule has 2 N–H and O–H groups in total. The molecule has 3 aromatic rings. The maximum Gasteiger partial charge on any atom is 0.407 e. The van der Waals surface area contributed by atoms with Gasteiger partial charge in [0, 0.05) is 70.0 Å². The fourth-order valence-electron chi connectivity index (χ4n) is 4.44. The number of carbonyl (C=O) groups is 2. The number of carbonyl (C=O) groups excluding carboxylic acids is 2. The molecule has 1 aromatic heterocycles. The number of ether oxygens (including phenoxy) is 2. The van der Waals surface area contributed by atoms with E-state index in [4.69, 9.17) is 9.47 Å². The lowest BCUT2D eigenvalue weighted by atomic mass is 10.0. The molecule has 1 fully saturated rings. The van der Waals surface area contributed by atoms with Gasteiger partial charge >= 0.3 is 6.09 Å². The zero-order valence-electron chi connectivity index (χ0n) is 22.0. The second kappa shape index (κ2) is 13.6. The zero-order valence-corrected chi connectivity index (χ0v) is 22.0. The molecule has 0 aliphatic carbocycles. The Morgan fingerprint density at radius 3 is 2.47 bits per heavy atom. The molecule has 2 aromatic carbocycles. The Labute approximate surface area is 223 Å². The standard InChI is InChI=1S/C29H35N5O4/c1-22-5-3-7-26(27(22)34-15-13-33(14-16-34)17-18-37-2)28(35)32-25-10-8-23(9-11-25)20-31-29(36)38-21-24-6-4-12-30-19-24/h3-12,19H,13-18,20-21H2,1-2H3,(H,31,36)(H,32,35). The number of rotatable bonds is 10. The van der Waals surface area contributed by atoms with Gasteiger partial charge in [0.25, 0.3) is 5.91 Å². The molecule has 38 heavy (non-hydrogen) atoms. The van der Waals surface area contributed by atoms with Gasteiger partial charge in [0.15, 0.2) is 0 Å². The number of anilines is 2. The van der Waals surface area contributed by atoms with E-state index in [2.05, 4.69) is 25.4 Å². The van der Waals surface area contributed by atoms with E-state index in [0.717, 1.165) is 61.7 Å². The molecule has 0 unspecified atom stereocenters. The number of nitrogens with one attached hydrogen (secondary N) is 2. The van der Waals surface area contributed by atoms with Crippen LogP contribution >= 0.6 is 0 Å². The second-order valence-corrected chi connectivity index (χ2v) is 9.23. The number of nitrogens with zero attached hydrogens (tertiary/aromatic N) is 3. The summed E-state index contributed by atoms with van der Waals surface area (Å²) in [6.45, 7) is 7.77. The van der Waals surface area contributed by atoms with Crippen molar-refractivity contribution in [1.29, 1.82) is 0 Å². The molecule has 0 radical (unpaired) electrons. The molecular formula is C29H35N5O4. The van der Waals surface area contributed by atoms with Gasteiger partial charge in [-0.15, -0.1) is 0 Å². The molecule has 1 saturated heterocycles. The monoisotopic (exact) mass is 517 g/mol. The topological polar surface area (TPSA) is 96.0 Å². The Kier molecular flexibility index (Phi) is 9.66. The first-order valence-corrected chi connectivity index (χ1v) is 12.8. The van der Waals surface area contributed by atoms with Gasteiger partial charge in [0.05, 0.1) is 17.9 Å². The average Bonchev–Trinajstić information content (AvgIpc) is 2.95. The van der Waals surface area contributed by atoms with Crippen LogP contribution in [-0.2, 0) is 22.6 Å². The van der Waals surface area contributed by atoms with E-state index < -0.39 is 6.09 Å². The maximum atomic E-state index is 13.3. The summed E-state index contributed by atoms with van der Waals surface area (Å²) in [5.74, 6) is -0.143. The van der Waals surface area contributed by atoms with Crippen molar-refractivity contribution in [3.63, 3.8) is 0 Å². The zero-order chi connectivity index (χ0) is 26.7. The van der Waals surface area contributed by atoms with E-state index in [0.29, 0.717) is 17.8 Å². The molecule has 1 aliphatic heterocycles. The first-order valence-electron chi connectivity index (χ1n) is 12.8. The van der Waals surface area contributed by atoms with Crippen molar-refractivity contribution in [2.24, 2.45) is 0 Å². The second-order valence-electron chi connectivity index (χ2n) is 9.23. The van der Waals surface area contributed by atoms with Gasteiger partial charge in [-0.25, -0.2) is 4.79 Å². The van der Waals surface area contributed by atoms with Crippen molar-refractivity contribution in [2.75, 3.05) is 56.7 Å². The predicted octanol–water partition coefficient (Wildman–Crippen LogP) is 3.84. The molecule has 1 aliphatic rings. The van der Waals surface area contributed by atoms with Gasteiger partial charge < -0.3 is 25.0 Å². The number of hydrogen-bond acceptors (Lipinski definition) is 7. The van der Waals surface area contributed by atoms with Crippen molar-refractivity contribution in [2.45, 2.75) is 20.1 Å². The summed E-state index contributed by atoms with van der Waals surface area (Å²) < 4.78 is 10.4. The smallest absolute Gasteiger partial charge is 0.407 e. The van der Waals surface area contributed by atoms with Crippen molar-refractivity contribution in [1.82, 2.24) is 15.2 Å². The number of aryl methyl sites for hydroxylation is 1. The first-order chi connectivity index (χ1) is 18.5. The van der Waals surface area contributed by atoms with Crippen LogP contribution in [0.5, 0.6) is 0 Å². The number of benzene rings is 2. The fraction of sp³-hybridized carbons (Fsp3) is 0.345. The van der Waals surface area contributed by atoms with E-state index in [9.17, 15) is 9.59 Å².